The predicted molar refractivity (Wildman–Crippen MR) is 109 cm³/mol. The third kappa shape index (κ3) is 5.34. The number of aromatic nitrogens is 1. The number of carbonyl (C=O) groups is 1. The van der Waals surface area contributed by atoms with E-state index in [0.717, 1.165) is 20.9 Å². The summed E-state index contributed by atoms with van der Waals surface area (Å²) in [5, 5.41) is 4.02. The molecule has 0 saturated heterocycles. The van der Waals surface area contributed by atoms with Gasteiger partial charge in [0.05, 0.1) is 12.1 Å². The van der Waals surface area contributed by atoms with Crippen LogP contribution >= 0.6 is 15.9 Å². The quantitative estimate of drug-likeness (QED) is 0.618. The Morgan fingerprint density at radius 1 is 1.19 bits per heavy atom. The summed E-state index contributed by atoms with van der Waals surface area (Å²) in [6.07, 6.45) is 2.49. The number of fused-ring (bicyclic) bond motifs is 1. The molecule has 6 heteroatoms. The minimum Gasteiger partial charge on any atom is -0.355 e. The number of pyridine rings is 1. The summed E-state index contributed by atoms with van der Waals surface area (Å²) in [7, 11) is 1.80. The van der Waals surface area contributed by atoms with E-state index in [9.17, 15) is 9.18 Å². The van der Waals surface area contributed by atoms with Crippen molar-refractivity contribution in [2.45, 2.75) is 13.0 Å². The van der Waals surface area contributed by atoms with Crippen molar-refractivity contribution in [2.24, 2.45) is 0 Å². The normalized spacial score (nSPS) is 11.1. The molecule has 0 saturated carbocycles. The third-order valence-electron chi connectivity index (χ3n) is 4.29. The van der Waals surface area contributed by atoms with Crippen molar-refractivity contribution in [3.8, 4) is 0 Å². The topological polar surface area (TPSA) is 45.2 Å². The second-order valence-corrected chi connectivity index (χ2v) is 7.42. The van der Waals surface area contributed by atoms with Gasteiger partial charge in [0.15, 0.2) is 0 Å². The van der Waals surface area contributed by atoms with Gasteiger partial charge >= 0.3 is 0 Å². The molecule has 0 atom stereocenters. The highest BCUT2D eigenvalue weighted by atomic mass is 79.9. The first-order valence-corrected chi connectivity index (χ1v) is 9.54. The summed E-state index contributed by atoms with van der Waals surface area (Å²) in [6.45, 7) is 1.11. The second-order valence-electron chi connectivity index (χ2n) is 6.50. The average Bonchev–Trinajstić information content (AvgIpc) is 2.65. The first-order chi connectivity index (χ1) is 13.0. The molecule has 0 unspecified atom stereocenters. The standard InChI is InChI=1S/C21H21BrFN3O/c1-26(13-17-12-18(22)7-8-19(17)23)14-20(27)24-11-9-16-5-2-4-15-6-3-10-25-21(15)16/h2-8,10,12H,9,11,13-14H2,1H3,(H,24,27). The molecule has 0 bridgehead atoms. The van der Waals surface area contributed by atoms with E-state index in [0.29, 0.717) is 25.1 Å². The van der Waals surface area contributed by atoms with Crippen LogP contribution in [0.5, 0.6) is 0 Å². The van der Waals surface area contributed by atoms with E-state index < -0.39 is 0 Å². The fourth-order valence-electron chi connectivity index (χ4n) is 3.02. The SMILES string of the molecule is CN(CC(=O)NCCc1cccc2cccnc12)Cc1cc(Br)ccc1F. The van der Waals surface area contributed by atoms with Gasteiger partial charge in [0.1, 0.15) is 5.82 Å². The Hall–Kier alpha value is -2.31. The molecule has 3 rings (SSSR count). The van der Waals surface area contributed by atoms with Crippen molar-refractivity contribution >= 4 is 32.7 Å². The second kappa shape index (κ2) is 9.06. The van der Waals surface area contributed by atoms with Crippen LogP contribution in [0.25, 0.3) is 10.9 Å². The molecule has 1 amide bonds. The van der Waals surface area contributed by atoms with Gasteiger partial charge in [-0.05, 0) is 43.3 Å². The molecule has 0 aliphatic heterocycles. The number of nitrogens with zero attached hydrogens (tertiary/aromatic N) is 2. The fourth-order valence-corrected chi connectivity index (χ4v) is 3.43. The van der Waals surface area contributed by atoms with Crippen LogP contribution in [0.1, 0.15) is 11.1 Å². The molecular weight excluding hydrogens is 409 g/mol. The number of halogens is 2. The molecule has 4 nitrogen and oxygen atoms in total. The van der Waals surface area contributed by atoms with Gasteiger partial charge in [-0.3, -0.25) is 14.7 Å². The van der Waals surface area contributed by atoms with Crippen LogP contribution in [0.2, 0.25) is 0 Å². The molecule has 0 fully saturated rings. The maximum atomic E-state index is 13.8. The highest BCUT2D eigenvalue weighted by Gasteiger charge is 2.10. The van der Waals surface area contributed by atoms with Crippen LogP contribution < -0.4 is 5.32 Å². The molecule has 0 aliphatic carbocycles. The Bertz CT molecular complexity index is 942. The number of hydrogen-bond acceptors (Lipinski definition) is 3. The molecule has 1 aromatic heterocycles. The first kappa shape index (κ1) is 19.5. The van der Waals surface area contributed by atoms with Crippen molar-refractivity contribution in [1.82, 2.24) is 15.2 Å². The van der Waals surface area contributed by atoms with Crippen LogP contribution in [0, 0.1) is 5.82 Å². The number of benzene rings is 2. The van der Waals surface area contributed by atoms with Crippen LogP contribution in [0.3, 0.4) is 0 Å². The van der Waals surface area contributed by atoms with E-state index in [4.69, 9.17) is 0 Å². The lowest BCUT2D eigenvalue weighted by atomic mass is 10.1. The minimum absolute atomic E-state index is 0.0823. The third-order valence-corrected chi connectivity index (χ3v) is 4.79. The summed E-state index contributed by atoms with van der Waals surface area (Å²) in [5.41, 5.74) is 2.64. The van der Waals surface area contributed by atoms with E-state index in [1.807, 2.05) is 30.3 Å². The van der Waals surface area contributed by atoms with Crippen molar-refractivity contribution in [2.75, 3.05) is 20.1 Å². The zero-order valence-corrected chi connectivity index (χ0v) is 16.7. The molecule has 2 aromatic carbocycles. The number of nitrogens with one attached hydrogen (secondary N) is 1. The van der Waals surface area contributed by atoms with Crippen LogP contribution in [-0.4, -0.2) is 35.9 Å². The largest absolute Gasteiger partial charge is 0.355 e. The molecule has 0 radical (unpaired) electrons. The molecule has 0 spiro atoms. The summed E-state index contributed by atoms with van der Waals surface area (Å²) in [4.78, 5) is 18.4. The van der Waals surface area contributed by atoms with Gasteiger partial charge in [0.25, 0.3) is 0 Å². The van der Waals surface area contributed by atoms with Crippen molar-refractivity contribution < 1.29 is 9.18 Å². The van der Waals surface area contributed by atoms with Crippen LogP contribution in [-0.2, 0) is 17.8 Å². The van der Waals surface area contributed by atoms with Crippen LogP contribution in [0.4, 0.5) is 4.39 Å². The number of amides is 1. The zero-order valence-electron chi connectivity index (χ0n) is 15.1. The molecule has 140 valence electrons. The smallest absolute Gasteiger partial charge is 0.234 e. The lowest BCUT2D eigenvalue weighted by molar-refractivity contribution is -0.122. The number of rotatable bonds is 7. The van der Waals surface area contributed by atoms with E-state index in [-0.39, 0.29) is 18.3 Å². The van der Waals surface area contributed by atoms with Gasteiger partial charge in [-0.1, -0.05) is 40.2 Å². The average molecular weight is 430 g/mol. The van der Waals surface area contributed by atoms with Crippen LogP contribution in [0.15, 0.2) is 59.2 Å². The summed E-state index contributed by atoms with van der Waals surface area (Å²) >= 11 is 3.34. The van der Waals surface area contributed by atoms with E-state index in [2.05, 4.69) is 26.2 Å². The Balaban J connectivity index is 1.50. The zero-order chi connectivity index (χ0) is 19.2. The molecule has 1 N–H and O–H groups in total. The maximum absolute atomic E-state index is 13.8. The Labute approximate surface area is 166 Å². The lowest BCUT2D eigenvalue weighted by Gasteiger charge is -2.17. The van der Waals surface area contributed by atoms with Gasteiger partial charge in [-0.2, -0.15) is 0 Å². The summed E-state index contributed by atoms with van der Waals surface area (Å²) in [5.74, 6) is -0.352. The van der Waals surface area contributed by atoms with E-state index in [1.54, 1.807) is 30.3 Å². The molecule has 27 heavy (non-hydrogen) atoms. The summed E-state index contributed by atoms with van der Waals surface area (Å²) < 4.78 is 14.7. The van der Waals surface area contributed by atoms with Gasteiger partial charge in [0.2, 0.25) is 5.91 Å². The van der Waals surface area contributed by atoms with Crippen molar-refractivity contribution in [3.63, 3.8) is 0 Å². The lowest BCUT2D eigenvalue weighted by Crippen LogP contribution is -2.36. The monoisotopic (exact) mass is 429 g/mol. The van der Waals surface area contributed by atoms with Gasteiger partial charge < -0.3 is 5.32 Å². The predicted octanol–water partition coefficient (Wildman–Crippen LogP) is 3.93. The molecular formula is C21H21BrFN3O. The maximum Gasteiger partial charge on any atom is 0.234 e. The van der Waals surface area contributed by atoms with Crippen molar-refractivity contribution in [1.29, 1.82) is 0 Å². The molecule has 0 aliphatic rings. The van der Waals surface area contributed by atoms with E-state index in [1.165, 1.54) is 6.07 Å². The Morgan fingerprint density at radius 3 is 2.85 bits per heavy atom. The number of carbonyl (C=O) groups excluding carboxylic acids is 1. The Morgan fingerprint density at radius 2 is 2.00 bits per heavy atom. The van der Waals surface area contributed by atoms with E-state index >= 15 is 0 Å². The van der Waals surface area contributed by atoms with Gasteiger partial charge in [-0.25, -0.2) is 4.39 Å². The number of likely N-dealkylation sites (N-methyl/N-ethyl adjacent to an activating group) is 1. The number of hydrogen-bond donors (Lipinski definition) is 1. The van der Waals surface area contributed by atoms with Gasteiger partial charge in [-0.15, -0.1) is 0 Å². The van der Waals surface area contributed by atoms with Crippen molar-refractivity contribution in [3.05, 3.63) is 76.1 Å². The van der Waals surface area contributed by atoms with Gasteiger partial charge in [0, 0.05) is 34.7 Å². The summed E-state index contributed by atoms with van der Waals surface area (Å²) in [6, 6.07) is 14.8. The fraction of sp³-hybridized carbons (Fsp3) is 0.238. The Kier molecular flexibility index (Phi) is 6.53. The minimum atomic E-state index is -0.270. The molecule has 3 aromatic rings. The highest BCUT2D eigenvalue weighted by Crippen LogP contribution is 2.17. The molecule has 1 heterocycles. The number of para-hydroxylation sites is 1. The first-order valence-electron chi connectivity index (χ1n) is 8.75. The highest BCUT2D eigenvalue weighted by molar-refractivity contribution is 9.10.